The Balaban J connectivity index is 1.88. The second kappa shape index (κ2) is 5.33. The van der Waals surface area contributed by atoms with Crippen molar-refractivity contribution in [3.05, 3.63) is 29.0 Å². The van der Waals surface area contributed by atoms with Crippen LogP contribution in [-0.2, 0) is 4.79 Å². The minimum Gasteiger partial charge on any atom is -0.480 e. The molecular weight excluding hydrogens is 292 g/mol. The van der Waals surface area contributed by atoms with Gasteiger partial charge in [-0.15, -0.1) is 11.3 Å². The molecule has 1 aliphatic carbocycles. The lowest BCUT2D eigenvalue weighted by Crippen LogP contribution is -2.37. The van der Waals surface area contributed by atoms with Crippen LogP contribution in [-0.4, -0.2) is 39.5 Å². The van der Waals surface area contributed by atoms with Crippen LogP contribution in [0.1, 0.15) is 28.2 Å². The van der Waals surface area contributed by atoms with E-state index in [0.29, 0.717) is 16.5 Å². The van der Waals surface area contributed by atoms with E-state index >= 15 is 0 Å². The molecule has 0 spiro atoms. The lowest BCUT2D eigenvalue weighted by molar-refractivity contribution is -0.137. The Kier molecular flexibility index (Phi) is 3.50. The Bertz CT molecular complexity index is 673. The highest BCUT2D eigenvalue weighted by Gasteiger charge is 2.36. The van der Waals surface area contributed by atoms with E-state index in [1.807, 2.05) is 6.92 Å². The lowest BCUT2D eigenvalue weighted by atomic mass is 10.3. The Morgan fingerprint density at radius 1 is 1.52 bits per heavy atom. The molecule has 1 saturated carbocycles. The second-order valence-corrected chi connectivity index (χ2v) is 6.16. The van der Waals surface area contributed by atoms with Crippen molar-refractivity contribution in [2.24, 2.45) is 0 Å². The number of aromatic nitrogens is 1. The lowest BCUT2D eigenvalue weighted by Gasteiger charge is -2.19. The third-order valence-corrected chi connectivity index (χ3v) is 4.27. The molecular formula is C14H14N2O4S. The van der Waals surface area contributed by atoms with Gasteiger partial charge in [-0.2, -0.15) is 0 Å². The van der Waals surface area contributed by atoms with E-state index in [9.17, 15) is 9.59 Å². The van der Waals surface area contributed by atoms with Crippen LogP contribution in [0.15, 0.2) is 22.8 Å². The molecule has 1 N–H and O–H groups in total. The molecule has 7 heteroatoms. The first-order chi connectivity index (χ1) is 10.1. The quantitative estimate of drug-likeness (QED) is 0.917. The fourth-order valence-electron chi connectivity index (χ4n) is 2.14. The molecule has 2 heterocycles. The molecule has 0 aromatic carbocycles. The number of nitrogens with zero attached hydrogens (tertiary/aromatic N) is 2. The number of carboxylic acids is 1. The minimum absolute atomic E-state index is 0.0294. The number of rotatable bonds is 5. The molecule has 0 aliphatic heterocycles. The van der Waals surface area contributed by atoms with Crippen LogP contribution >= 0.6 is 11.3 Å². The molecule has 6 nitrogen and oxygen atoms in total. The van der Waals surface area contributed by atoms with Crippen molar-refractivity contribution < 1.29 is 19.1 Å². The van der Waals surface area contributed by atoms with Gasteiger partial charge in [0, 0.05) is 10.9 Å². The Hall–Kier alpha value is -2.15. The summed E-state index contributed by atoms with van der Waals surface area (Å²) in [4.78, 5) is 30.0. The van der Waals surface area contributed by atoms with E-state index in [4.69, 9.17) is 9.52 Å². The van der Waals surface area contributed by atoms with Gasteiger partial charge in [0.25, 0.3) is 5.91 Å². The molecule has 2 aromatic heterocycles. The van der Waals surface area contributed by atoms with Gasteiger partial charge in [-0.05, 0) is 31.9 Å². The van der Waals surface area contributed by atoms with Gasteiger partial charge in [0.1, 0.15) is 12.2 Å². The number of aryl methyl sites for hydroxylation is 1. The average Bonchev–Trinajstić information content (AvgIpc) is 2.98. The summed E-state index contributed by atoms with van der Waals surface area (Å²) in [6, 6.07) is 3.57. The first kappa shape index (κ1) is 13.8. The van der Waals surface area contributed by atoms with Crippen molar-refractivity contribution in [1.82, 2.24) is 9.88 Å². The third-order valence-electron chi connectivity index (χ3n) is 3.29. The number of hydrogen-bond acceptors (Lipinski definition) is 5. The third kappa shape index (κ3) is 2.82. The van der Waals surface area contributed by atoms with E-state index < -0.39 is 5.97 Å². The Labute approximate surface area is 125 Å². The van der Waals surface area contributed by atoms with Crippen molar-refractivity contribution in [1.29, 1.82) is 0 Å². The number of carboxylic acid groups (broad SMARTS) is 1. The summed E-state index contributed by atoms with van der Waals surface area (Å²) in [6.45, 7) is 1.53. The molecule has 1 fully saturated rings. The SMILES string of the molecule is Cc1sc(-c2ccco2)nc1C(=O)N(CC(=O)O)C1CC1. The average molecular weight is 306 g/mol. The monoisotopic (exact) mass is 306 g/mol. The number of amides is 1. The van der Waals surface area contributed by atoms with Crippen molar-refractivity contribution in [2.45, 2.75) is 25.8 Å². The van der Waals surface area contributed by atoms with Gasteiger partial charge in [0.2, 0.25) is 0 Å². The molecule has 21 heavy (non-hydrogen) atoms. The topological polar surface area (TPSA) is 83.6 Å². The predicted octanol–water partition coefficient (Wildman–Crippen LogP) is 2.40. The first-order valence-electron chi connectivity index (χ1n) is 6.60. The van der Waals surface area contributed by atoms with E-state index in [1.165, 1.54) is 16.2 Å². The van der Waals surface area contributed by atoms with Crippen molar-refractivity contribution in [2.75, 3.05) is 6.54 Å². The molecule has 1 amide bonds. The summed E-state index contributed by atoms with van der Waals surface area (Å²) in [5, 5.41) is 9.59. The molecule has 2 aromatic rings. The molecule has 0 bridgehead atoms. The molecule has 1 aliphatic rings. The molecule has 0 saturated heterocycles. The number of hydrogen-bond donors (Lipinski definition) is 1. The highest BCUT2D eigenvalue weighted by molar-refractivity contribution is 7.15. The maximum Gasteiger partial charge on any atom is 0.323 e. The maximum atomic E-state index is 12.5. The maximum absolute atomic E-state index is 12.5. The van der Waals surface area contributed by atoms with E-state index in [1.54, 1.807) is 18.4 Å². The number of carbonyl (C=O) groups is 2. The van der Waals surface area contributed by atoms with Crippen LogP contribution in [0.3, 0.4) is 0 Å². The van der Waals surface area contributed by atoms with Crippen LogP contribution in [0.5, 0.6) is 0 Å². The highest BCUT2D eigenvalue weighted by Crippen LogP contribution is 2.32. The summed E-state index contributed by atoms with van der Waals surface area (Å²) in [7, 11) is 0. The standard InChI is InChI=1S/C14H14N2O4S/c1-8-12(15-13(21-8)10-3-2-6-20-10)14(19)16(7-11(17)18)9-4-5-9/h2-3,6,9H,4-5,7H2,1H3,(H,17,18). The van der Waals surface area contributed by atoms with Crippen LogP contribution in [0.4, 0.5) is 0 Å². The minimum atomic E-state index is -1.01. The van der Waals surface area contributed by atoms with Crippen molar-refractivity contribution >= 4 is 23.2 Å². The number of furan rings is 1. The van der Waals surface area contributed by atoms with Gasteiger partial charge in [-0.25, -0.2) is 4.98 Å². The van der Waals surface area contributed by atoms with Gasteiger partial charge in [-0.1, -0.05) is 0 Å². The molecule has 3 rings (SSSR count). The number of carbonyl (C=O) groups excluding carboxylic acids is 1. The first-order valence-corrected chi connectivity index (χ1v) is 7.42. The predicted molar refractivity (Wildman–Crippen MR) is 76.2 cm³/mol. The molecule has 110 valence electrons. The van der Waals surface area contributed by atoms with Gasteiger partial charge < -0.3 is 14.4 Å². The Morgan fingerprint density at radius 2 is 2.29 bits per heavy atom. The van der Waals surface area contributed by atoms with E-state index in [-0.39, 0.29) is 18.5 Å². The fourth-order valence-corrected chi connectivity index (χ4v) is 3.01. The van der Waals surface area contributed by atoms with Gasteiger partial charge in [0.05, 0.1) is 6.26 Å². The fraction of sp³-hybridized carbons (Fsp3) is 0.357. The largest absolute Gasteiger partial charge is 0.480 e. The molecule has 0 atom stereocenters. The second-order valence-electron chi connectivity index (χ2n) is 4.96. The summed E-state index contributed by atoms with van der Waals surface area (Å²) in [5.41, 5.74) is 0.319. The van der Waals surface area contributed by atoms with Crippen molar-refractivity contribution in [3.8, 4) is 10.8 Å². The van der Waals surface area contributed by atoms with Gasteiger partial charge in [-0.3, -0.25) is 9.59 Å². The summed E-state index contributed by atoms with van der Waals surface area (Å²) in [5.74, 6) is -0.709. The number of thiazole rings is 1. The Morgan fingerprint density at radius 3 is 2.86 bits per heavy atom. The molecule has 0 radical (unpaired) electrons. The zero-order valence-electron chi connectivity index (χ0n) is 11.4. The summed E-state index contributed by atoms with van der Waals surface area (Å²) < 4.78 is 5.28. The van der Waals surface area contributed by atoms with Crippen LogP contribution in [0, 0.1) is 6.92 Å². The summed E-state index contributed by atoms with van der Waals surface area (Å²) >= 11 is 1.37. The van der Waals surface area contributed by atoms with E-state index in [0.717, 1.165) is 17.7 Å². The summed E-state index contributed by atoms with van der Waals surface area (Å²) in [6.07, 6.45) is 3.26. The van der Waals surface area contributed by atoms with Crippen molar-refractivity contribution in [3.63, 3.8) is 0 Å². The van der Waals surface area contributed by atoms with Crippen LogP contribution < -0.4 is 0 Å². The highest BCUT2D eigenvalue weighted by atomic mass is 32.1. The normalized spacial score (nSPS) is 14.1. The van der Waals surface area contributed by atoms with Gasteiger partial charge >= 0.3 is 5.97 Å². The zero-order chi connectivity index (χ0) is 15.0. The smallest absolute Gasteiger partial charge is 0.323 e. The zero-order valence-corrected chi connectivity index (χ0v) is 12.2. The van der Waals surface area contributed by atoms with Gasteiger partial charge in [0.15, 0.2) is 10.8 Å². The molecule has 0 unspecified atom stereocenters. The van der Waals surface area contributed by atoms with Crippen LogP contribution in [0.2, 0.25) is 0 Å². The van der Waals surface area contributed by atoms with Crippen LogP contribution in [0.25, 0.3) is 10.8 Å². The number of aliphatic carboxylic acids is 1. The van der Waals surface area contributed by atoms with E-state index in [2.05, 4.69) is 4.98 Å².